The van der Waals surface area contributed by atoms with E-state index in [4.69, 9.17) is 5.73 Å². The first-order chi connectivity index (χ1) is 7.04. The molecule has 0 spiro atoms. The molecule has 1 fully saturated rings. The zero-order valence-corrected chi connectivity index (χ0v) is 9.50. The molecule has 1 aliphatic carbocycles. The molecule has 1 aromatic carbocycles. The van der Waals surface area contributed by atoms with Crippen LogP contribution in [-0.2, 0) is 9.84 Å². The van der Waals surface area contributed by atoms with Crippen LogP contribution < -0.4 is 5.73 Å². The van der Waals surface area contributed by atoms with Crippen LogP contribution in [-0.4, -0.2) is 19.4 Å². The average molecular weight is 225 g/mol. The molecule has 15 heavy (non-hydrogen) atoms. The first-order valence-electron chi connectivity index (χ1n) is 5.11. The Hall–Kier alpha value is -1.03. The Balaban J connectivity index is 2.15. The van der Waals surface area contributed by atoms with E-state index < -0.39 is 9.84 Å². The van der Waals surface area contributed by atoms with Crippen LogP contribution in [0.1, 0.15) is 24.8 Å². The highest BCUT2D eigenvalue weighted by Crippen LogP contribution is 2.46. The van der Waals surface area contributed by atoms with Crippen LogP contribution in [0, 0.1) is 0 Å². The van der Waals surface area contributed by atoms with Crippen molar-refractivity contribution >= 4 is 15.5 Å². The van der Waals surface area contributed by atoms with Gasteiger partial charge in [0.05, 0.1) is 5.25 Å². The highest BCUT2D eigenvalue weighted by atomic mass is 32.2. The second-order valence-electron chi connectivity index (χ2n) is 4.00. The van der Waals surface area contributed by atoms with Crippen molar-refractivity contribution < 1.29 is 8.42 Å². The normalized spacial score (nSPS) is 25.1. The van der Waals surface area contributed by atoms with Gasteiger partial charge in [-0.25, -0.2) is 8.42 Å². The number of hydrogen-bond donors (Lipinski definition) is 1. The number of hydrogen-bond acceptors (Lipinski definition) is 3. The molecule has 82 valence electrons. The van der Waals surface area contributed by atoms with E-state index in [0.717, 1.165) is 12.0 Å². The molecule has 2 atom stereocenters. The van der Waals surface area contributed by atoms with Gasteiger partial charge in [0.1, 0.15) is 0 Å². The van der Waals surface area contributed by atoms with Gasteiger partial charge in [-0.2, -0.15) is 0 Å². The summed E-state index contributed by atoms with van der Waals surface area (Å²) in [5.74, 6) is 0.430. The molecule has 2 N–H and O–H groups in total. The summed E-state index contributed by atoms with van der Waals surface area (Å²) in [6, 6.07) is 7.49. The van der Waals surface area contributed by atoms with Crippen LogP contribution in [0.15, 0.2) is 24.3 Å². The van der Waals surface area contributed by atoms with Crippen molar-refractivity contribution in [2.24, 2.45) is 0 Å². The van der Waals surface area contributed by atoms with Crippen LogP contribution >= 0.6 is 0 Å². The predicted octanol–water partition coefficient (Wildman–Crippen LogP) is 1.56. The van der Waals surface area contributed by atoms with E-state index in [1.807, 2.05) is 24.3 Å². The summed E-state index contributed by atoms with van der Waals surface area (Å²) < 4.78 is 23.2. The first kappa shape index (κ1) is 10.5. The fraction of sp³-hybridized carbons (Fsp3) is 0.455. The third-order valence-electron chi connectivity index (χ3n) is 2.96. The molecule has 0 amide bonds. The van der Waals surface area contributed by atoms with Gasteiger partial charge < -0.3 is 5.73 Å². The SMILES string of the molecule is CCS(=O)(=O)[C@H]1C[C@H]1c1ccc(N)cc1. The van der Waals surface area contributed by atoms with Crippen molar-refractivity contribution in [2.75, 3.05) is 11.5 Å². The van der Waals surface area contributed by atoms with E-state index in [1.165, 1.54) is 0 Å². The van der Waals surface area contributed by atoms with E-state index in [9.17, 15) is 8.42 Å². The summed E-state index contributed by atoms with van der Waals surface area (Å²) in [6.07, 6.45) is 0.764. The summed E-state index contributed by atoms with van der Waals surface area (Å²) >= 11 is 0. The Morgan fingerprint density at radius 1 is 1.33 bits per heavy atom. The summed E-state index contributed by atoms with van der Waals surface area (Å²) in [4.78, 5) is 0. The van der Waals surface area contributed by atoms with E-state index in [2.05, 4.69) is 0 Å². The van der Waals surface area contributed by atoms with Crippen molar-refractivity contribution in [1.29, 1.82) is 0 Å². The third-order valence-corrected chi connectivity index (χ3v) is 5.21. The Bertz CT molecular complexity index is 450. The summed E-state index contributed by atoms with van der Waals surface area (Å²) in [7, 11) is -2.86. The zero-order chi connectivity index (χ0) is 11.1. The summed E-state index contributed by atoms with van der Waals surface area (Å²) in [6.45, 7) is 1.70. The predicted molar refractivity (Wildman–Crippen MR) is 61.5 cm³/mol. The highest BCUT2D eigenvalue weighted by Gasteiger charge is 2.46. The molecule has 2 rings (SSSR count). The second kappa shape index (κ2) is 3.52. The minimum absolute atomic E-state index is 0.161. The molecule has 0 aliphatic heterocycles. The largest absolute Gasteiger partial charge is 0.399 e. The number of anilines is 1. The van der Waals surface area contributed by atoms with Gasteiger partial charge in [0.2, 0.25) is 0 Å². The van der Waals surface area contributed by atoms with Crippen molar-refractivity contribution in [2.45, 2.75) is 24.5 Å². The molecule has 4 heteroatoms. The van der Waals surface area contributed by atoms with Crippen LogP contribution in [0.3, 0.4) is 0 Å². The minimum Gasteiger partial charge on any atom is -0.399 e. The number of nitrogen functional groups attached to an aromatic ring is 1. The monoisotopic (exact) mass is 225 g/mol. The fourth-order valence-corrected chi connectivity index (χ4v) is 3.46. The van der Waals surface area contributed by atoms with E-state index in [1.54, 1.807) is 6.92 Å². The Morgan fingerprint density at radius 3 is 2.47 bits per heavy atom. The van der Waals surface area contributed by atoms with E-state index >= 15 is 0 Å². The van der Waals surface area contributed by atoms with Crippen LogP contribution in [0.5, 0.6) is 0 Å². The van der Waals surface area contributed by atoms with Gasteiger partial charge in [0.25, 0.3) is 0 Å². The molecule has 0 bridgehead atoms. The van der Waals surface area contributed by atoms with Gasteiger partial charge in [-0.3, -0.25) is 0 Å². The van der Waals surface area contributed by atoms with Crippen molar-refractivity contribution in [3.63, 3.8) is 0 Å². The molecule has 1 saturated carbocycles. The quantitative estimate of drug-likeness (QED) is 0.794. The van der Waals surface area contributed by atoms with Gasteiger partial charge in [-0.1, -0.05) is 19.1 Å². The van der Waals surface area contributed by atoms with Gasteiger partial charge >= 0.3 is 0 Å². The van der Waals surface area contributed by atoms with Crippen molar-refractivity contribution in [3.8, 4) is 0 Å². The van der Waals surface area contributed by atoms with E-state index in [-0.39, 0.29) is 16.9 Å². The lowest BCUT2D eigenvalue weighted by Crippen LogP contribution is -2.10. The van der Waals surface area contributed by atoms with Gasteiger partial charge in [0, 0.05) is 17.4 Å². The molecular formula is C11H15NO2S. The molecule has 3 nitrogen and oxygen atoms in total. The molecule has 0 aromatic heterocycles. The first-order valence-corrected chi connectivity index (χ1v) is 6.83. The minimum atomic E-state index is -2.86. The third kappa shape index (κ3) is 2.00. The van der Waals surface area contributed by atoms with Gasteiger partial charge in [-0.15, -0.1) is 0 Å². The van der Waals surface area contributed by atoms with Crippen LogP contribution in [0.2, 0.25) is 0 Å². The standard InChI is InChI=1S/C11H15NO2S/c1-2-15(13,14)11-7-10(11)8-3-5-9(12)6-4-8/h3-6,10-11H,2,7,12H2,1H3/t10-,11-/m0/s1. The number of nitrogens with two attached hydrogens (primary N) is 1. The molecule has 0 unspecified atom stereocenters. The Morgan fingerprint density at radius 2 is 1.93 bits per heavy atom. The van der Waals surface area contributed by atoms with Crippen LogP contribution in [0.25, 0.3) is 0 Å². The van der Waals surface area contributed by atoms with Crippen molar-refractivity contribution in [3.05, 3.63) is 29.8 Å². The lowest BCUT2D eigenvalue weighted by molar-refractivity contribution is 0.595. The topological polar surface area (TPSA) is 60.2 Å². The highest BCUT2D eigenvalue weighted by molar-refractivity contribution is 7.92. The molecule has 0 saturated heterocycles. The maximum Gasteiger partial charge on any atom is 0.153 e. The lowest BCUT2D eigenvalue weighted by Gasteiger charge is -2.01. The maximum atomic E-state index is 11.6. The maximum absolute atomic E-state index is 11.6. The van der Waals surface area contributed by atoms with Gasteiger partial charge in [-0.05, 0) is 24.1 Å². The smallest absolute Gasteiger partial charge is 0.153 e. The van der Waals surface area contributed by atoms with E-state index in [0.29, 0.717) is 5.69 Å². The molecular weight excluding hydrogens is 210 g/mol. The van der Waals surface area contributed by atoms with Gasteiger partial charge in [0.15, 0.2) is 9.84 Å². The second-order valence-corrected chi connectivity index (χ2v) is 6.51. The molecule has 1 aromatic rings. The number of sulfone groups is 1. The Kier molecular flexibility index (Phi) is 2.46. The summed E-state index contributed by atoms with van der Waals surface area (Å²) in [5, 5.41) is -0.161. The summed E-state index contributed by atoms with van der Waals surface area (Å²) in [5.41, 5.74) is 7.38. The Labute approximate surface area is 90.2 Å². The molecule has 0 radical (unpaired) electrons. The van der Waals surface area contributed by atoms with Crippen LogP contribution in [0.4, 0.5) is 5.69 Å². The zero-order valence-electron chi connectivity index (χ0n) is 8.68. The number of benzene rings is 1. The molecule has 1 aliphatic rings. The average Bonchev–Trinajstić information content (AvgIpc) is 2.99. The lowest BCUT2D eigenvalue weighted by atomic mass is 10.1. The van der Waals surface area contributed by atoms with Crippen molar-refractivity contribution in [1.82, 2.24) is 0 Å². The number of rotatable bonds is 3. The molecule has 0 heterocycles. The fourth-order valence-electron chi connectivity index (χ4n) is 1.88.